The van der Waals surface area contributed by atoms with Gasteiger partial charge in [0.15, 0.2) is 5.78 Å². The van der Waals surface area contributed by atoms with Gasteiger partial charge in [0.2, 0.25) is 5.91 Å². The molecule has 1 amide bonds. The smallest absolute Gasteiger partial charge is 0.220 e. The van der Waals surface area contributed by atoms with Gasteiger partial charge in [-0.1, -0.05) is 0 Å². The quantitative estimate of drug-likeness (QED) is 0.770. The number of nitrogens with zero attached hydrogens (tertiary/aromatic N) is 1. The van der Waals surface area contributed by atoms with Crippen LogP contribution in [0.15, 0.2) is 18.2 Å². The minimum absolute atomic E-state index is 0.000982. The number of primary amides is 1. The van der Waals surface area contributed by atoms with Gasteiger partial charge < -0.3 is 10.6 Å². The van der Waals surface area contributed by atoms with Crippen molar-refractivity contribution in [3.05, 3.63) is 35.4 Å². The molecule has 148 valence electrons. The van der Waals surface area contributed by atoms with E-state index in [9.17, 15) is 18.4 Å². The number of rotatable bonds is 6. The Balaban J connectivity index is 1.41. The minimum Gasteiger partial charge on any atom is -0.369 e. The van der Waals surface area contributed by atoms with Crippen LogP contribution in [0.4, 0.5) is 8.78 Å². The van der Waals surface area contributed by atoms with E-state index in [2.05, 4.69) is 4.90 Å². The predicted octanol–water partition coefficient (Wildman–Crippen LogP) is 3.54. The Labute approximate surface area is 159 Å². The van der Waals surface area contributed by atoms with Crippen molar-refractivity contribution in [3.63, 3.8) is 0 Å². The van der Waals surface area contributed by atoms with E-state index in [0.717, 1.165) is 63.9 Å². The molecule has 1 aliphatic carbocycles. The predicted molar refractivity (Wildman–Crippen MR) is 99.1 cm³/mol. The van der Waals surface area contributed by atoms with E-state index in [-0.39, 0.29) is 29.1 Å². The molecule has 27 heavy (non-hydrogen) atoms. The van der Waals surface area contributed by atoms with E-state index in [0.29, 0.717) is 18.8 Å². The van der Waals surface area contributed by atoms with Gasteiger partial charge in [-0.3, -0.25) is 9.59 Å². The number of ketones is 1. The number of nitrogens with two attached hydrogens (primary N) is 1. The fourth-order valence-electron chi connectivity index (χ4n) is 4.43. The van der Waals surface area contributed by atoms with Gasteiger partial charge in [0, 0.05) is 17.9 Å². The largest absolute Gasteiger partial charge is 0.369 e. The van der Waals surface area contributed by atoms with E-state index in [1.54, 1.807) is 0 Å². The van der Waals surface area contributed by atoms with Crippen LogP contribution in [0, 0.1) is 29.4 Å². The zero-order chi connectivity index (χ0) is 19.4. The molecule has 0 unspecified atom stereocenters. The lowest BCUT2D eigenvalue weighted by atomic mass is 9.80. The van der Waals surface area contributed by atoms with Crippen LogP contribution in [-0.4, -0.2) is 36.2 Å². The molecule has 3 rings (SSSR count). The van der Waals surface area contributed by atoms with Gasteiger partial charge in [0.05, 0.1) is 5.56 Å². The highest BCUT2D eigenvalue weighted by atomic mass is 19.1. The van der Waals surface area contributed by atoms with Crippen molar-refractivity contribution in [3.8, 4) is 0 Å². The normalized spacial score (nSPS) is 24.7. The lowest BCUT2D eigenvalue weighted by Gasteiger charge is -2.33. The molecule has 6 heteroatoms. The summed E-state index contributed by atoms with van der Waals surface area (Å²) in [6.45, 7) is 2.66. The second-order valence-corrected chi connectivity index (χ2v) is 8.01. The van der Waals surface area contributed by atoms with Gasteiger partial charge in [0.25, 0.3) is 0 Å². The third-order valence-corrected chi connectivity index (χ3v) is 6.26. The summed E-state index contributed by atoms with van der Waals surface area (Å²) < 4.78 is 26.9. The number of Topliss-reactive ketones (excluding diaryl/α,β-unsaturated/α-hetero) is 1. The van der Waals surface area contributed by atoms with E-state index in [1.807, 2.05) is 0 Å². The number of carbonyl (C=O) groups excluding carboxylic acids is 2. The Bertz CT molecular complexity index is 679. The zero-order valence-electron chi connectivity index (χ0n) is 15.6. The third kappa shape index (κ3) is 5.12. The molecular formula is C21H28F2N2O2. The van der Waals surface area contributed by atoms with Gasteiger partial charge in [0.1, 0.15) is 11.6 Å². The first-order valence-corrected chi connectivity index (χ1v) is 9.95. The number of halogens is 2. The van der Waals surface area contributed by atoms with Crippen LogP contribution in [0.25, 0.3) is 0 Å². The van der Waals surface area contributed by atoms with Crippen molar-refractivity contribution in [2.75, 3.05) is 19.6 Å². The van der Waals surface area contributed by atoms with Crippen molar-refractivity contribution in [1.29, 1.82) is 0 Å². The molecule has 1 saturated heterocycles. The average Bonchev–Trinajstić information content (AvgIpc) is 2.66. The van der Waals surface area contributed by atoms with Crippen LogP contribution < -0.4 is 5.73 Å². The standard InChI is InChI=1S/C21H28F2N2O2/c22-17-5-6-18(19(23)13-17)20(26)15-8-11-25(12-9-15)10-7-14-1-3-16(4-2-14)21(24)27/h5-6,13-16H,1-4,7-12H2,(H2,24,27). The summed E-state index contributed by atoms with van der Waals surface area (Å²) in [5.41, 5.74) is 5.38. The Morgan fingerprint density at radius 2 is 1.67 bits per heavy atom. The monoisotopic (exact) mass is 378 g/mol. The van der Waals surface area contributed by atoms with E-state index in [1.165, 1.54) is 6.07 Å². The topological polar surface area (TPSA) is 63.4 Å². The zero-order valence-corrected chi connectivity index (χ0v) is 15.6. The van der Waals surface area contributed by atoms with Crippen LogP contribution >= 0.6 is 0 Å². The van der Waals surface area contributed by atoms with Gasteiger partial charge in [-0.2, -0.15) is 0 Å². The van der Waals surface area contributed by atoms with Crippen LogP contribution in [0.5, 0.6) is 0 Å². The number of amides is 1. The number of hydrogen-bond acceptors (Lipinski definition) is 3. The Hall–Kier alpha value is -1.82. The molecule has 0 bridgehead atoms. The maximum Gasteiger partial charge on any atom is 0.220 e. The van der Waals surface area contributed by atoms with E-state index < -0.39 is 11.6 Å². The van der Waals surface area contributed by atoms with Crippen molar-refractivity contribution in [2.24, 2.45) is 23.5 Å². The molecule has 2 aliphatic rings. The van der Waals surface area contributed by atoms with Gasteiger partial charge in [-0.25, -0.2) is 8.78 Å². The minimum atomic E-state index is -0.769. The van der Waals surface area contributed by atoms with Gasteiger partial charge >= 0.3 is 0 Å². The lowest BCUT2D eigenvalue weighted by molar-refractivity contribution is -0.123. The molecule has 2 N–H and O–H groups in total. The van der Waals surface area contributed by atoms with Crippen LogP contribution in [0.3, 0.4) is 0 Å². The van der Waals surface area contributed by atoms with Gasteiger partial charge in [-0.15, -0.1) is 0 Å². The highest BCUT2D eigenvalue weighted by Gasteiger charge is 2.29. The number of carbonyl (C=O) groups is 2. The molecular weight excluding hydrogens is 350 g/mol. The van der Waals surface area contributed by atoms with Crippen molar-refractivity contribution < 1.29 is 18.4 Å². The molecule has 0 aromatic heterocycles. The number of hydrogen-bond donors (Lipinski definition) is 1. The molecule has 1 saturated carbocycles. The summed E-state index contributed by atoms with van der Waals surface area (Å²) in [7, 11) is 0. The second-order valence-electron chi connectivity index (χ2n) is 8.01. The van der Waals surface area contributed by atoms with Crippen molar-refractivity contribution >= 4 is 11.7 Å². The summed E-state index contributed by atoms with van der Waals surface area (Å²) in [4.78, 5) is 26.1. The highest BCUT2D eigenvalue weighted by molar-refractivity contribution is 5.98. The molecule has 1 aromatic carbocycles. The van der Waals surface area contributed by atoms with E-state index in [4.69, 9.17) is 5.73 Å². The van der Waals surface area contributed by atoms with Crippen molar-refractivity contribution in [2.45, 2.75) is 44.9 Å². The van der Waals surface area contributed by atoms with Crippen LogP contribution in [0.1, 0.15) is 55.3 Å². The fraction of sp³-hybridized carbons (Fsp3) is 0.619. The SMILES string of the molecule is NC(=O)C1CCC(CCN2CCC(C(=O)c3ccc(F)cc3F)CC2)CC1. The molecule has 0 atom stereocenters. The molecule has 1 heterocycles. The van der Waals surface area contributed by atoms with Crippen LogP contribution in [0.2, 0.25) is 0 Å². The first-order valence-electron chi connectivity index (χ1n) is 9.95. The highest BCUT2D eigenvalue weighted by Crippen LogP contribution is 2.31. The maximum atomic E-state index is 13.8. The summed E-state index contributed by atoms with van der Waals surface area (Å²) in [6, 6.07) is 3.16. The molecule has 0 radical (unpaired) electrons. The molecule has 2 fully saturated rings. The first kappa shape index (κ1) is 19.9. The number of piperidine rings is 1. The van der Waals surface area contributed by atoms with Crippen LogP contribution in [-0.2, 0) is 4.79 Å². The summed E-state index contributed by atoms with van der Waals surface area (Å²) >= 11 is 0. The molecule has 4 nitrogen and oxygen atoms in total. The average molecular weight is 378 g/mol. The first-order chi connectivity index (χ1) is 12.9. The summed E-state index contributed by atoms with van der Waals surface area (Å²) in [6.07, 6.45) is 6.46. The number of benzene rings is 1. The molecule has 0 spiro atoms. The summed E-state index contributed by atoms with van der Waals surface area (Å²) in [5, 5.41) is 0. The van der Waals surface area contributed by atoms with E-state index >= 15 is 0 Å². The Morgan fingerprint density at radius 1 is 1.00 bits per heavy atom. The number of likely N-dealkylation sites (tertiary alicyclic amines) is 1. The fourth-order valence-corrected chi connectivity index (χ4v) is 4.43. The maximum absolute atomic E-state index is 13.8. The van der Waals surface area contributed by atoms with Crippen molar-refractivity contribution in [1.82, 2.24) is 4.90 Å². The molecule has 1 aromatic rings. The Morgan fingerprint density at radius 3 is 2.26 bits per heavy atom. The molecule has 1 aliphatic heterocycles. The lowest BCUT2D eigenvalue weighted by Crippen LogP contribution is -2.38. The third-order valence-electron chi connectivity index (χ3n) is 6.26. The Kier molecular flexibility index (Phi) is 6.58. The van der Waals surface area contributed by atoms with Gasteiger partial charge in [-0.05, 0) is 82.6 Å². The second kappa shape index (κ2) is 8.91. The summed E-state index contributed by atoms with van der Waals surface area (Å²) in [5.74, 6) is -1.30.